The largest absolute Gasteiger partial charge is 0.692 e. The lowest BCUT2D eigenvalue weighted by molar-refractivity contribution is -0.630. The Bertz CT molecular complexity index is 1430. The number of aryl methyl sites for hydroxylation is 2. The molecule has 38 heavy (non-hydrogen) atoms. The summed E-state index contributed by atoms with van der Waals surface area (Å²) in [5.41, 5.74) is 14.1. The molecule has 1 aromatic heterocycles. The summed E-state index contributed by atoms with van der Waals surface area (Å²) in [4.78, 5) is 12.2. The highest BCUT2D eigenvalue weighted by atomic mass is 16.5. The number of hydrazone groups is 1. The van der Waals surface area contributed by atoms with Gasteiger partial charge in [0.15, 0.2) is 6.67 Å². The molecule has 0 unspecified atom stereocenters. The van der Waals surface area contributed by atoms with Crippen LogP contribution in [0.2, 0.25) is 0 Å². The number of nitrogens with one attached hydrogen (secondary N) is 1. The van der Waals surface area contributed by atoms with Gasteiger partial charge < -0.3 is 16.3 Å². The molecule has 8 nitrogen and oxygen atoms in total. The maximum Gasteiger partial charge on any atom is 0.318 e. The van der Waals surface area contributed by atoms with Crippen LogP contribution in [0.5, 0.6) is 0 Å². The molecule has 1 saturated heterocycles. The summed E-state index contributed by atoms with van der Waals surface area (Å²) in [7, 11) is 0. The minimum atomic E-state index is 0.320. The van der Waals surface area contributed by atoms with Crippen LogP contribution < -0.4 is 11.1 Å². The Kier molecular flexibility index (Phi) is 6.33. The van der Waals surface area contributed by atoms with Crippen LogP contribution in [-0.4, -0.2) is 51.3 Å². The molecule has 0 aliphatic carbocycles. The van der Waals surface area contributed by atoms with Crippen molar-refractivity contribution in [3.63, 3.8) is 0 Å². The van der Waals surface area contributed by atoms with Crippen LogP contribution in [-0.2, 0) is 6.54 Å². The van der Waals surface area contributed by atoms with E-state index in [1.54, 1.807) is 0 Å². The van der Waals surface area contributed by atoms with Gasteiger partial charge >= 0.3 is 5.84 Å². The first-order valence-corrected chi connectivity index (χ1v) is 13.2. The number of guanidine groups is 1. The van der Waals surface area contributed by atoms with Crippen molar-refractivity contribution >= 4 is 23.1 Å². The lowest BCUT2D eigenvalue weighted by Gasteiger charge is -2.27. The van der Waals surface area contributed by atoms with Crippen molar-refractivity contribution in [1.29, 1.82) is 0 Å². The fourth-order valence-electron chi connectivity index (χ4n) is 5.84. The fraction of sp³-hybridized carbons (Fsp3) is 0.300. The quantitative estimate of drug-likeness (QED) is 0.401. The first-order valence-electron chi connectivity index (χ1n) is 13.2. The van der Waals surface area contributed by atoms with Gasteiger partial charge in [-0.2, -0.15) is 19.7 Å². The van der Waals surface area contributed by atoms with E-state index in [1.807, 2.05) is 66.2 Å². The van der Waals surface area contributed by atoms with Crippen molar-refractivity contribution in [2.75, 3.05) is 19.8 Å². The highest BCUT2D eigenvalue weighted by Gasteiger charge is 2.44. The summed E-state index contributed by atoms with van der Waals surface area (Å²) in [6, 6.07) is 22.5. The Morgan fingerprint density at radius 1 is 0.974 bits per heavy atom. The Morgan fingerprint density at radius 2 is 1.66 bits per heavy atom. The van der Waals surface area contributed by atoms with Gasteiger partial charge in [-0.05, 0) is 74.5 Å². The zero-order valence-corrected chi connectivity index (χ0v) is 21.9. The van der Waals surface area contributed by atoms with E-state index < -0.39 is 0 Å². The maximum atomic E-state index is 14.1. The summed E-state index contributed by atoms with van der Waals surface area (Å²) >= 11 is 0. The lowest BCUT2D eigenvalue weighted by atomic mass is 9.87. The Hall–Kier alpha value is -4.17. The van der Waals surface area contributed by atoms with Crippen molar-refractivity contribution in [3.05, 3.63) is 106 Å². The number of pyridine rings is 1. The van der Waals surface area contributed by atoms with E-state index in [0.717, 1.165) is 58.9 Å². The van der Waals surface area contributed by atoms with Crippen LogP contribution in [0.3, 0.4) is 0 Å². The lowest BCUT2D eigenvalue weighted by Crippen LogP contribution is -2.44. The molecule has 8 heteroatoms. The zero-order valence-electron chi connectivity index (χ0n) is 21.9. The minimum Gasteiger partial charge on any atom is -0.692 e. The number of nitrogens with two attached hydrogens (primary N) is 1. The highest BCUT2D eigenvalue weighted by molar-refractivity contribution is 6.33. The van der Waals surface area contributed by atoms with Gasteiger partial charge in [0, 0.05) is 17.0 Å². The van der Waals surface area contributed by atoms with Crippen LogP contribution in [0.25, 0.3) is 11.3 Å². The first kappa shape index (κ1) is 24.2. The van der Waals surface area contributed by atoms with Crippen LogP contribution >= 0.6 is 0 Å². The molecule has 0 saturated carbocycles. The second-order valence-corrected chi connectivity index (χ2v) is 10.3. The number of nitrogens with zero attached hydrogens (tertiary/aromatic N) is 5. The van der Waals surface area contributed by atoms with Gasteiger partial charge in [-0.15, -0.1) is 0 Å². The zero-order chi connectivity index (χ0) is 26.2. The number of hydrogen-bond donors (Lipinski definition) is 2. The third-order valence-corrected chi connectivity index (χ3v) is 7.57. The van der Waals surface area contributed by atoms with Gasteiger partial charge in [0.1, 0.15) is 5.57 Å². The number of hydrazine groups is 1. The predicted molar refractivity (Wildman–Crippen MR) is 151 cm³/mol. The summed E-state index contributed by atoms with van der Waals surface area (Å²) in [5.74, 6) is 1.32. The molecule has 4 heterocycles. The molecule has 6 rings (SSSR count). The number of hydrogen-bond acceptors (Lipinski definition) is 7. The number of benzene rings is 2. The molecule has 3 N–H and O–H groups in total. The SMILES string of the molecule is Cc1cc(C2=C(c3ccccc3)N=C(N)N3CN(Cc4ccccc4C4CCNCC4)[N+]([O-])=C23)cc(C)n1. The van der Waals surface area contributed by atoms with E-state index in [2.05, 4.69) is 34.6 Å². The molecule has 194 valence electrons. The molecule has 3 aliphatic rings. The first-order chi connectivity index (χ1) is 18.5. The van der Waals surface area contributed by atoms with Gasteiger partial charge in [0.2, 0.25) is 0 Å². The predicted octanol–water partition coefficient (Wildman–Crippen LogP) is 3.96. The van der Waals surface area contributed by atoms with Gasteiger partial charge in [-0.3, -0.25) is 4.98 Å². The van der Waals surface area contributed by atoms with Gasteiger partial charge in [0.05, 0.1) is 12.2 Å². The third kappa shape index (κ3) is 4.41. The summed E-state index contributed by atoms with van der Waals surface area (Å²) in [6.07, 6.45) is 2.21. The van der Waals surface area contributed by atoms with Crippen LogP contribution in [0.1, 0.15) is 52.4 Å². The van der Waals surface area contributed by atoms with E-state index in [0.29, 0.717) is 36.6 Å². The van der Waals surface area contributed by atoms with Crippen molar-refractivity contribution < 1.29 is 4.85 Å². The molecule has 3 aliphatic heterocycles. The molecular formula is C30H33N7O. The Morgan fingerprint density at radius 3 is 2.39 bits per heavy atom. The Labute approximate surface area is 223 Å². The molecule has 0 radical (unpaired) electrons. The molecule has 0 atom stereocenters. The van der Waals surface area contributed by atoms with Gasteiger partial charge in [-0.1, -0.05) is 54.6 Å². The monoisotopic (exact) mass is 507 g/mol. The van der Waals surface area contributed by atoms with Crippen LogP contribution in [0.4, 0.5) is 0 Å². The average Bonchev–Trinajstić information content (AvgIpc) is 3.25. The number of rotatable bonds is 5. The number of amidine groups is 1. The van der Waals surface area contributed by atoms with E-state index in [9.17, 15) is 5.21 Å². The molecular weight excluding hydrogens is 474 g/mol. The second kappa shape index (κ2) is 9.95. The third-order valence-electron chi connectivity index (χ3n) is 7.57. The summed E-state index contributed by atoms with van der Waals surface area (Å²) in [5, 5.41) is 19.4. The smallest absolute Gasteiger partial charge is 0.318 e. The summed E-state index contributed by atoms with van der Waals surface area (Å²) in [6.45, 7) is 6.82. The molecule has 0 spiro atoms. The number of aromatic nitrogens is 1. The number of fused-ring (bicyclic) bond motifs is 1. The molecule has 3 aromatic rings. The van der Waals surface area contributed by atoms with Crippen LogP contribution in [0.15, 0.2) is 71.7 Å². The fourth-order valence-corrected chi connectivity index (χ4v) is 5.84. The molecule has 0 bridgehead atoms. The average molecular weight is 508 g/mol. The topological polar surface area (TPSA) is 95.8 Å². The van der Waals surface area contributed by atoms with E-state index >= 15 is 0 Å². The summed E-state index contributed by atoms with van der Waals surface area (Å²) < 4.78 is 0. The molecule has 2 aromatic carbocycles. The standard InChI is InChI=1S/C30H33N7O/c1-20-16-25(17-21(2)33-20)27-28(23-8-4-3-5-9-23)34-30(31)36-19-35(37(38)29(27)36)18-24-10-6-7-11-26(24)22-12-14-32-15-13-22/h3-11,16-17,22,32H,12-15,18-19H2,1-2H3,(H2,31,34). The molecule has 1 fully saturated rings. The van der Waals surface area contributed by atoms with E-state index in [4.69, 9.17) is 10.7 Å². The van der Waals surface area contributed by atoms with Crippen molar-refractivity contribution in [1.82, 2.24) is 20.2 Å². The van der Waals surface area contributed by atoms with Crippen LogP contribution in [0, 0.1) is 19.1 Å². The minimum absolute atomic E-state index is 0.320. The maximum absolute atomic E-state index is 14.1. The van der Waals surface area contributed by atoms with Crippen molar-refractivity contribution in [2.45, 2.75) is 39.2 Å². The van der Waals surface area contributed by atoms with Gasteiger partial charge in [-0.25, -0.2) is 0 Å². The van der Waals surface area contributed by atoms with Gasteiger partial charge in [0.25, 0.3) is 5.96 Å². The number of piperidine rings is 1. The Balaban J connectivity index is 1.46. The highest BCUT2D eigenvalue weighted by Crippen LogP contribution is 2.36. The van der Waals surface area contributed by atoms with Crippen molar-refractivity contribution in [3.8, 4) is 0 Å². The number of aliphatic imine (C=N–C) groups is 1. The van der Waals surface area contributed by atoms with Crippen molar-refractivity contribution in [2.24, 2.45) is 10.7 Å². The van der Waals surface area contributed by atoms with E-state index in [-0.39, 0.29) is 0 Å². The van der Waals surface area contributed by atoms with E-state index in [1.165, 1.54) is 11.1 Å². The normalized spacial score (nSPS) is 18.2. The molecule has 0 amide bonds. The second-order valence-electron chi connectivity index (χ2n) is 10.3.